The number of nitrogens with zero attached hydrogens (tertiary/aromatic N) is 4. The molecule has 0 bridgehead atoms. The number of carbonyl (C=O) groups is 1. The largest absolute Gasteiger partial charge is 0.423 e. The molecule has 3 rings (SSSR count). The number of hydrogen-bond acceptors (Lipinski definition) is 10. The second kappa shape index (κ2) is 23.4. The summed E-state index contributed by atoms with van der Waals surface area (Å²) in [5.74, 6) is -0.0217. The first kappa shape index (κ1) is 41.3. The van der Waals surface area contributed by atoms with Gasteiger partial charge in [0.2, 0.25) is 5.91 Å². The summed E-state index contributed by atoms with van der Waals surface area (Å²) in [6.45, 7) is 2.69. The monoisotopic (exact) mass is 717 g/mol. The summed E-state index contributed by atoms with van der Waals surface area (Å²) in [4.78, 5) is 34.7. The number of primary amides is 1. The van der Waals surface area contributed by atoms with Crippen LogP contribution in [0.1, 0.15) is 115 Å². The molecule has 2 heterocycles. The Morgan fingerprint density at radius 2 is 1.48 bits per heavy atom. The van der Waals surface area contributed by atoms with Crippen molar-refractivity contribution >= 4 is 30.5 Å². The van der Waals surface area contributed by atoms with E-state index in [2.05, 4.69) is 27.2 Å². The van der Waals surface area contributed by atoms with E-state index in [1.807, 2.05) is 0 Å². The zero-order valence-electron chi connectivity index (χ0n) is 29.9. The quantitative estimate of drug-likeness (QED) is 0.0401. The highest BCUT2D eigenvalue weighted by molar-refractivity contribution is 7.53. The van der Waals surface area contributed by atoms with E-state index in [0.29, 0.717) is 24.1 Å². The molecule has 0 saturated carbocycles. The van der Waals surface area contributed by atoms with Crippen molar-refractivity contribution in [3.63, 3.8) is 0 Å². The Kier molecular flexibility index (Phi) is 19.3. The maximum absolute atomic E-state index is 12.7. The molecule has 0 aliphatic rings. The van der Waals surface area contributed by atoms with Crippen molar-refractivity contribution < 1.29 is 28.6 Å². The van der Waals surface area contributed by atoms with E-state index in [-0.39, 0.29) is 18.1 Å². The molecule has 3 aromatic rings. The van der Waals surface area contributed by atoms with E-state index in [4.69, 9.17) is 20.7 Å². The molecule has 50 heavy (non-hydrogen) atoms. The van der Waals surface area contributed by atoms with Crippen molar-refractivity contribution in [2.24, 2.45) is 5.73 Å². The zero-order valence-corrected chi connectivity index (χ0v) is 30.8. The minimum atomic E-state index is -4.22. The number of nitrogen functional groups attached to an aromatic ring is 1. The molecule has 0 fully saturated rings. The summed E-state index contributed by atoms with van der Waals surface area (Å²) >= 11 is 0. The maximum atomic E-state index is 12.7. The molecule has 0 saturated heterocycles. The minimum absolute atomic E-state index is 0.118. The molecule has 1 aromatic carbocycles. The number of aliphatic hydroxyl groups excluding tert-OH is 1. The molecule has 13 nitrogen and oxygen atoms in total. The van der Waals surface area contributed by atoms with Crippen LogP contribution in [0, 0.1) is 0 Å². The predicted octanol–water partition coefficient (Wildman–Crippen LogP) is 6.26. The lowest BCUT2D eigenvalue weighted by molar-refractivity contribution is -0.120. The Bertz CT molecular complexity index is 1420. The number of unbranched alkanes of at least 4 members (excludes halogenated alkanes) is 15. The maximum Gasteiger partial charge on any atom is 0.402 e. The van der Waals surface area contributed by atoms with Crippen molar-refractivity contribution in [2.75, 3.05) is 25.2 Å². The van der Waals surface area contributed by atoms with Gasteiger partial charge in [0.05, 0.1) is 31.6 Å². The molecule has 1 amide bonds. The van der Waals surface area contributed by atoms with Crippen LogP contribution in [0.25, 0.3) is 11.2 Å². The average Bonchev–Trinajstić information content (AvgIpc) is 3.51. The summed E-state index contributed by atoms with van der Waals surface area (Å²) in [5.41, 5.74) is 13.2. The van der Waals surface area contributed by atoms with E-state index < -0.39 is 38.6 Å². The fourth-order valence-corrected chi connectivity index (χ4v) is 6.85. The fraction of sp³-hybridized carbons (Fsp3) is 0.667. The van der Waals surface area contributed by atoms with Gasteiger partial charge in [0.1, 0.15) is 17.6 Å². The number of anilines is 1. The number of carbonyl (C=O) groups excluding carboxylic acids is 1. The van der Waals surface area contributed by atoms with Gasteiger partial charge in [-0.1, -0.05) is 115 Å². The van der Waals surface area contributed by atoms with Crippen molar-refractivity contribution in [3.8, 4) is 5.75 Å². The van der Waals surface area contributed by atoms with Crippen molar-refractivity contribution in [3.05, 3.63) is 42.5 Å². The molecule has 2 aromatic heterocycles. The molecule has 0 radical (unpaired) electrons. The number of ether oxygens (including phenoxy) is 1. The Morgan fingerprint density at radius 3 is 2.04 bits per heavy atom. The van der Waals surface area contributed by atoms with Crippen LogP contribution in [0.2, 0.25) is 0 Å². The highest BCUT2D eigenvalue weighted by Gasteiger charge is 2.25. The summed E-state index contributed by atoms with van der Waals surface area (Å²) in [7, 11) is -4.22. The standard InChI is InChI=1S/C36H60N7O6P/c1-2-3-4-5-6-7-8-9-10-11-12-13-14-15-16-17-22-39-32(35(38)45)23-29-18-20-30(21-19-29)49-50(46,47)28-48-31(25-44)24-43-27-42-33-34(37)40-26-41-36(33)43/h18-21,26-27,31-32,39,44H,2-17,22-25,28H2,1H3,(H2,38,45)(H,46,47)(H2,37,40,41)/t31-,32-/m0/s1. The van der Waals surface area contributed by atoms with Gasteiger partial charge in [0.25, 0.3) is 0 Å². The van der Waals surface area contributed by atoms with Crippen LogP contribution >= 0.6 is 7.60 Å². The Balaban J connectivity index is 1.27. The summed E-state index contributed by atoms with van der Waals surface area (Å²) in [6.07, 6.45) is 22.7. The molecule has 0 spiro atoms. The number of nitrogens with one attached hydrogen (secondary N) is 1. The van der Waals surface area contributed by atoms with Crippen LogP contribution in [0.4, 0.5) is 5.82 Å². The van der Waals surface area contributed by atoms with Crippen molar-refractivity contribution in [1.29, 1.82) is 0 Å². The normalized spacial score (nSPS) is 14.1. The summed E-state index contributed by atoms with van der Waals surface area (Å²) in [6, 6.07) is 6.09. The van der Waals surface area contributed by atoms with Crippen molar-refractivity contribution in [1.82, 2.24) is 24.8 Å². The lowest BCUT2D eigenvalue weighted by Crippen LogP contribution is -2.43. The van der Waals surface area contributed by atoms with E-state index in [1.165, 1.54) is 103 Å². The molecule has 7 N–H and O–H groups in total. The van der Waals surface area contributed by atoms with Crippen LogP contribution in [0.5, 0.6) is 5.75 Å². The fourth-order valence-electron chi connectivity index (χ4n) is 5.95. The van der Waals surface area contributed by atoms with Crippen LogP contribution in [0.15, 0.2) is 36.9 Å². The Hall–Kier alpha value is -3.09. The number of imidazole rings is 1. The smallest absolute Gasteiger partial charge is 0.402 e. The number of benzene rings is 1. The lowest BCUT2D eigenvalue weighted by atomic mass is 10.0. The first-order chi connectivity index (χ1) is 24.2. The number of amides is 1. The van der Waals surface area contributed by atoms with Gasteiger partial charge in [-0.3, -0.25) is 4.79 Å². The first-order valence-corrected chi connectivity index (χ1v) is 20.3. The SMILES string of the molecule is CCCCCCCCCCCCCCCCCCN[C@@H](Cc1ccc(OP(=O)(O)CO[C@H](CO)Cn2cnc3c(N)ncnc32)cc1)C(N)=O. The molecule has 1 unspecified atom stereocenters. The molecule has 14 heteroatoms. The average molecular weight is 718 g/mol. The highest BCUT2D eigenvalue weighted by atomic mass is 31.2. The van der Waals surface area contributed by atoms with Gasteiger partial charge in [0, 0.05) is 0 Å². The number of rotatable bonds is 29. The number of aromatic nitrogens is 4. The van der Waals surface area contributed by atoms with Crippen LogP contribution in [0.3, 0.4) is 0 Å². The van der Waals surface area contributed by atoms with Crippen LogP contribution < -0.4 is 21.3 Å². The van der Waals surface area contributed by atoms with Crippen LogP contribution in [-0.4, -0.2) is 67.1 Å². The summed E-state index contributed by atoms with van der Waals surface area (Å²) < 4.78 is 25.2. The van der Waals surface area contributed by atoms with E-state index in [1.54, 1.807) is 28.8 Å². The van der Waals surface area contributed by atoms with Gasteiger partial charge in [-0.15, -0.1) is 0 Å². The van der Waals surface area contributed by atoms with Gasteiger partial charge in [-0.25, -0.2) is 19.5 Å². The second-order valence-corrected chi connectivity index (χ2v) is 14.9. The first-order valence-electron chi connectivity index (χ1n) is 18.5. The third kappa shape index (κ3) is 15.9. The van der Waals surface area contributed by atoms with E-state index in [0.717, 1.165) is 18.4 Å². The second-order valence-electron chi connectivity index (χ2n) is 13.2. The topological polar surface area (TPSA) is 201 Å². The highest BCUT2D eigenvalue weighted by Crippen LogP contribution is 2.43. The van der Waals surface area contributed by atoms with Gasteiger partial charge >= 0.3 is 7.60 Å². The van der Waals surface area contributed by atoms with Gasteiger partial charge in [-0.2, -0.15) is 0 Å². The van der Waals surface area contributed by atoms with Gasteiger partial charge < -0.3 is 40.6 Å². The molecule has 0 aliphatic heterocycles. The molecular weight excluding hydrogens is 657 g/mol. The third-order valence-electron chi connectivity index (χ3n) is 8.88. The predicted molar refractivity (Wildman–Crippen MR) is 198 cm³/mol. The van der Waals surface area contributed by atoms with Crippen LogP contribution in [-0.2, 0) is 27.1 Å². The number of hydrogen-bond donors (Lipinski definition) is 5. The molecule has 280 valence electrons. The molecule has 3 atom stereocenters. The van der Waals surface area contributed by atoms with E-state index in [9.17, 15) is 19.4 Å². The Labute approximate surface area is 297 Å². The zero-order chi connectivity index (χ0) is 36.0. The minimum Gasteiger partial charge on any atom is -0.423 e. The molecular formula is C36H60N7O6P. The lowest BCUT2D eigenvalue weighted by Gasteiger charge is -2.19. The number of fused-ring (bicyclic) bond motifs is 1. The number of aliphatic hydroxyl groups is 1. The van der Waals surface area contributed by atoms with Gasteiger partial charge in [0.15, 0.2) is 17.8 Å². The third-order valence-corrected chi connectivity index (χ3v) is 9.85. The Morgan fingerprint density at radius 1 is 0.900 bits per heavy atom. The van der Waals surface area contributed by atoms with Crippen molar-refractivity contribution in [2.45, 2.75) is 135 Å². The number of nitrogens with two attached hydrogens (primary N) is 2. The van der Waals surface area contributed by atoms with Gasteiger partial charge in [-0.05, 0) is 37.1 Å². The molecule has 0 aliphatic carbocycles. The summed E-state index contributed by atoms with van der Waals surface area (Å²) in [5, 5.41) is 13.1. The van der Waals surface area contributed by atoms with E-state index >= 15 is 0 Å².